The van der Waals surface area contributed by atoms with Crippen molar-refractivity contribution in [3.8, 4) is 21.3 Å². The number of aromatic nitrogens is 3. The van der Waals surface area contributed by atoms with Gasteiger partial charge in [-0.3, -0.25) is 0 Å². The van der Waals surface area contributed by atoms with Crippen molar-refractivity contribution in [3.05, 3.63) is 48.4 Å². The second-order valence-electron chi connectivity index (χ2n) is 7.26. The summed E-state index contributed by atoms with van der Waals surface area (Å²) in [6.07, 6.45) is 8.07. The number of rotatable bonds is 6. The van der Waals surface area contributed by atoms with E-state index in [0.717, 1.165) is 54.7 Å². The van der Waals surface area contributed by atoms with E-state index in [-0.39, 0.29) is 0 Å². The van der Waals surface area contributed by atoms with Crippen molar-refractivity contribution in [1.29, 1.82) is 0 Å². The fourth-order valence-electron chi connectivity index (χ4n) is 3.67. The molecule has 0 atom stereocenters. The molecule has 0 bridgehead atoms. The first kappa shape index (κ1) is 18.3. The zero-order valence-corrected chi connectivity index (χ0v) is 16.5. The minimum atomic E-state index is 0.327. The molecule has 142 valence electrons. The summed E-state index contributed by atoms with van der Waals surface area (Å²) in [6.45, 7) is 6.55. The SMILES string of the molecule is Cc1ccccc1-c1ncc(-c2nccn2CCN2CCC(CO)CC2)s1. The highest BCUT2D eigenvalue weighted by molar-refractivity contribution is 7.18. The second-order valence-corrected chi connectivity index (χ2v) is 8.29. The fourth-order valence-corrected chi connectivity index (χ4v) is 4.69. The van der Waals surface area contributed by atoms with Gasteiger partial charge in [-0.15, -0.1) is 11.3 Å². The Kier molecular flexibility index (Phi) is 5.66. The molecule has 2 aromatic heterocycles. The average Bonchev–Trinajstić information content (AvgIpc) is 3.36. The first-order valence-electron chi connectivity index (χ1n) is 9.61. The number of aliphatic hydroxyl groups excluding tert-OH is 1. The summed E-state index contributed by atoms with van der Waals surface area (Å²) in [6, 6.07) is 8.37. The van der Waals surface area contributed by atoms with Crippen molar-refractivity contribution >= 4 is 11.3 Å². The molecule has 1 fully saturated rings. The molecule has 5 nitrogen and oxygen atoms in total. The lowest BCUT2D eigenvalue weighted by Crippen LogP contribution is -2.36. The third-order valence-corrected chi connectivity index (χ3v) is 6.47. The Bertz CT molecular complexity index is 880. The minimum absolute atomic E-state index is 0.327. The van der Waals surface area contributed by atoms with Crippen LogP contribution in [0.5, 0.6) is 0 Å². The quantitative estimate of drug-likeness (QED) is 0.706. The molecule has 27 heavy (non-hydrogen) atoms. The molecule has 1 N–H and O–H groups in total. The lowest BCUT2D eigenvalue weighted by atomic mass is 9.98. The van der Waals surface area contributed by atoms with Gasteiger partial charge in [0.2, 0.25) is 0 Å². The number of likely N-dealkylation sites (tertiary alicyclic amines) is 1. The molecule has 1 aliphatic rings. The number of nitrogens with zero attached hydrogens (tertiary/aromatic N) is 4. The van der Waals surface area contributed by atoms with E-state index in [4.69, 9.17) is 0 Å². The Morgan fingerprint density at radius 3 is 2.74 bits per heavy atom. The maximum absolute atomic E-state index is 9.29. The first-order chi connectivity index (χ1) is 13.2. The van der Waals surface area contributed by atoms with E-state index in [9.17, 15) is 5.11 Å². The minimum Gasteiger partial charge on any atom is -0.396 e. The van der Waals surface area contributed by atoms with Crippen LogP contribution in [0.15, 0.2) is 42.9 Å². The molecule has 4 rings (SSSR count). The van der Waals surface area contributed by atoms with Crippen LogP contribution in [0.25, 0.3) is 21.3 Å². The van der Waals surface area contributed by atoms with Gasteiger partial charge < -0.3 is 14.6 Å². The predicted octanol–water partition coefficient (Wildman–Crippen LogP) is 3.69. The number of thiazole rings is 1. The average molecular weight is 383 g/mol. The molecule has 0 radical (unpaired) electrons. The van der Waals surface area contributed by atoms with Gasteiger partial charge in [-0.1, -0.05) is 24.3 Å². The van der Waals surface area contributed by atoms with Crippen LogP contribution in [-0.2, 0) is 6.54 Å². The summed E-state index contributed by atoms with van der Waals surface area (Å²) < 4.78 is 2.23. The molecule has 0 unspecified atom stereocenters. The first-order valence-corrected chi connectivity index (χ1v) is 10.4. The number of hydrogen-bond donors (Lipinski definition) is 1. The van der Waals surface area contributed by atoms with E-state index in [1.54, 1.807) is 11.3 Å². The van der Waals surface area contributed by atoms with Crippen LogP contribution < -0.4 is 0 Å². The summed E-state index contributed by atoms with van der Waals surface area (Å²) in [5.41, 5.74) is 2.44. The second kappa shape index (κ2) is 8.33. The highest BCUT2D eigenvalue weighted by Gasteiger charge is 2.19. The van der Waals surface area contributed by atoms with E-state index < -0.39 is 0 Å². The van der Waals surface area contributed by atoms with Gasteiger partial charge in [0.1, 0.15) is 5.01 Å². The number of aliphatic hydroxyl groups is 1. The Labute approximate surface area is 164 Å². The molecule has 3 heterocycles. The van der Waals surface area contributed by atoms with Gasteiger partial charge in [-0.05, 0) is 44.3 Å². The Morgan fingerprint density at radius 2 is 1.96 bits per heavy atom. The van der Waals surface area contributed by atoms with Crippen LogP contribution in [0.1, 0.15) is 18.4 Å². The van der Waals surface area contributed by atoms with Crippen LogP contribution in [0, 0.1) is 12.8 Å². The monoisotopic (exact) mass is 382 g/mol. The van der Waals surface area contributed by atoms with Crippen molar-refractivity contribution in [2.24, 2.45) is 5.92 Å². The van der Waals surface area contributed by atoms with Gasteiger partial charge in [0, 0.05) is 43.9 Å². The zero-order valence-electron chi connectivity index (χ0n) is 15.7. The molecule has 1 aliphatic heterocycles. The lowest BCUT2D eigenvalue weighted by molar-refractivity contribution is 0.129. The predicted molar refractivity (Wildman–Crippen MR) is 110 cm³/mol. The van der Waals surface area contributed by atoms with Crippen molar-refractivity contribution < 1.29 is 5.11 Å². The summed E-state index contributed by atoms with van der Waals surface area (Å²) in [7, 11) is 0. The molecule has 0 saturated carbocycles. The Hall–Kier alpha value is -2.02. The number of aryl methyl sites for hydroxylation is 1. The largest absolute Gasteiger partial charge is 0.396 e. The summed E-state index contributed by atoms with van der Waals surface area (Å²) >= 11 is 1.70. The van der Waals surface area contributed by atoms with Gasteiger partial charge in [-0.2, -0.15) is 0 Å². The Balaban J connectivity index is 1.44. The van der Waals surface area contributed by atoms with E-state index >= 15 is 0 Å². The molecule has 0 aliphatic carbocycles. The van der Waals surface area contributed by atoms with E-state index in [1.165, 1.54) is 11.1 Å². The van der Waals surface area contributed by atoms with Crippen molar-refractivity contribution in [3.63, 3.8) is 0 Å². The maximum Gasteiger partial charge on any atom is 0.151 e. The van der Waals surface area contributed by atoms with Gasteiger partial charge >= 0.3 is 0 Å². The number of imidazole rings is 1. The summed E-state index contributed by atoms with van der Waals surface area (Å²) in [5, 5.41) is 10.3. The molecular weight excluding hydrogens is 356 g/mol. The van der Waals surface area contributed by atoms with Gasteiger partial charge in [-0.25, -0.2) is 9.97 Å². The molecule has 6 heteroatoms. The van der Waals surface area contributed by atoms with Crippen LogP contribution in [0.2, 0.25) is 0 Å². The third kappa shape index (κ3) is 4.13. The lowest BCUT2D eigenvalue weighted by Gasteiger charge is -2.31. The Morgan fingerprint density at radius 1 is 1.15 bits per heavy atom. The number of hydrogen-bond acceptors (Lipinski definition) is 5. The van der Waals surface area contributed by atoms with Crippen molar-refractivity contribution in [2.45, 2.75) is 26.3 Å². The smallest absolute Gasteiger partial charge is 0.151 e. The third-order valence-electron chi connectivity index (χ3n) is 5.44. The van der Waals surface area contributed by atoms with Gasteiger partial charge in [0.25, 0.3) is 0 Å². The van der Waals surface area contributed by atoms with E-state index in [1.807, 2.05) is 12.4 Å². The van der Waals surface area contributed by atoms with Gasteiger partial charge in [0.15, 0.2) is 5.82 Å². The maximum atomic E-state index is 9.29. The summed E-state index contributed by atoms with van der Waals surface area (Å²) in [4.78, 5) is 12.8. The topological polar surface area (TPSA) is 54.2 Å². The van der Waals surface area contributed by atoms with Crippen molar-refractivity contribution in [2.75, 3.05) is 26.2 Å². The van der Waals surface area contributed by atoms with Crippen LogP contribution in [0.4, 0.5) is 0 Å². The van der Waals surface area contributed by atoms with Crippen LogP contribution >= 0.6 is 11.3 Å². The van der Waals surface area contributed by atoms with E-state index in [0.29, 0.717) is 12.5 Å². The number of piperidine rings is 1. The highest BCUT2D eigenvalue weighted by atomic mass is 32.1. The fraction of sp³-hybridized carbons (Fsp3) is 0.429. The molecule has 0 spiro atoms. The zero-order chi connectivity index (χ0) is 18.6. The van der Waals surface area contributed by atoms with E-state index in [2.05, 4.69) is 56.8 Å². The molecular formula is C21H26N4OS. The summed E-state index contributed by atoms with van der Waals surface area (Å²) in [5.74, 6) is 1.49. The molecule has 1 aromatic carbocycles. The van der Waals surface area contributed by atoms with Gasteiger partial charge in [0.05, 0.1) is 4.88 Å². The molecule has 1 saturated heterocycles. The van der Waals surface area contributed by atoms with Crippen LogP contribution in [-0.4, -0.2) is 50.8 Å². The normalized spacial score (nSPS) is 16.1. The standard InChI is InChI=1S/C21H26N4OS/c1-16-4-2-3-5-18(16)21-23-14-19(27-21)20-22-8-11-25(20)13-12-24-9-6-17(15-26)7-10-24/h2-5,8,11,14,17,26H,6-7,9-10,12-13,15H2,1H3. The van der Waals surface area contributed by atoms with Crippen LogP contribution in [0.3, 0.4) is 0 Å². The highest BCUT2D eigenvalue weighted by Crippen LogP contribution is 2.32. The molecule has 0 amide bonds. The molecule has 3 aromatic rings. The number of benzene rings is 1. The van der Waals surface area contributed by atoms with Crippen molar-refractivity contribution in [1.82, 2.24) is 19.4 Å².